The molecule has 0 N–H and O–H groups in total. The highest BCUT2D eigenvalue weighted by Gasteiger charge is 2.07. The van der Waals surface area contributed by atoms with E-state index >= 15 is 0 Å². The summed E-state index contributed by atoms with van der Waals surface area (Å²) in [5, 5.41) is 0. The van der Waals surface area contributed by atoms with Gasteiger partial charge in [-0.2, -0.15) is 0 Å². The number of hydrogen-bond donors (Lipinski definition) is 0. The zero-order valence-electron chi connectivity index (χ0n) is 22.3. The maximum atomic E-state index is 6.11. The third kappa shape index (κ3) is 12.1. The van der Waals surface area contributed by atoms with E-state index < -0.39 is 0 Å². The lowest BCUT2D eigenvalue weighted by molar-refractivity contribution is 0.0627. The Hall–Kier alpha value is -1.80. The molecule has 0 aliphatic heterocycles. The Labute approximate surface area is 210 Å². The van der Waals surface area contributed by atoms with Crippen molar-refractivity contribution in [1.82, 2.24) is 0 Å². The van der Waals surface area contributed by atoms with Gasteiger partial charge in [0, 0.05) is 6.61 Å². The molecule has 34 heavy (non-hydrogen) atoms. The van der Waals surface area contributed by atoms with Crippen molar-refractivity contribution >= 4 is 0 Å². The molecule has 190 valence electrons. The van der Waals surface area contributed by atoms with Crippen molar-refractivity contribution in [2.24, 2.45) is 0 Å². The maximum absolute atomic E-state index is 6.11. The van der Waals surface area contributed by atoms with Gasteiger partial charge in [-0.25, -0.2) is 0 Å². The molecule has 2 aromatic carbocycles. The molecule has 0 aliphatic rings. The lowest BCUT2D eigenvalue weighted by Crippen LogP contribution is -2.01. The summed E-state index contributed by atoms with van der Waals surface area (Å²) in [5.74, 6) is 0.959. The molecule has 2 heteroatoms. The van der Waals surface area contributed by atoms with Gasteiger partial charge < -0.3 is 9.47 Å². The van der Waals surface area contributed by atoms with Crippen LogP contribution in [0, 0.1) is 0 Å². The fourth-order valence-electron chi connectivity index (χ4n) is 4.35. The lowest BCUT2D eigenvalue weighted by atomic mass is 10.0. The van der Waals surface area contributed by atoms with Gasteiger partial charge in [-0.05, 0) is 48.6 Å². The summed E-state index contributed by atoms with van der Waals surface area (Å²) in [4.78, 5) is 0. The van der Waals surface area contributed by atoms with Crippen LogP contribution in [0.15, 0.2) is 48.5 Å². The fourth-order valence-corrected chi connectivity index (χ4v) is 4.35. The summed E-state index contributed by atoms with van der Waals surface area (Å²) in [6, 6.07) is 17.3. The van der Waals surface area contributed by atoms with E-state index in [0.29, 0.717) is 0 Å². The fraction of sp³-hybridized carbons (Fsp3) is 0.625. The van der Waals surface area contributed by atoms with Crippen LogP contribution in [0.2, 0.25) is 0 Å². The molecule has 0 radical (unpaired) electrons. The average Bonchev–Trinajstić information content (AvgIpc) is 2.87. The van der Waals surface area contributed by atoms with Gasteiger partial charge in [-0.1, -0.05) is 127 Å². The Morgan fingerprint density at radius 2 is 0.971 bits per heavy atom. The highest BCUT2D eigenvalue weighted by atomic mass is 16.5. The van der Waals surface area contributed by atoms with Crippen molar-refractivity contribution < 1.29 is 9.47 Å². The third-order valence-corrected chi connectivity index (χ3v) is 6.70. The molecule has 1 unspecified atom stereocenters. The van der Waals surface area contributed by atoms with E-state index in [9.17, 15) is 0 Å². The predicted octanol–water partition coefficient (Wildman–Crippen LogP) is 10.3. The van der Waals surface area contributed by atoms with Crippen molar-refractivity contribution in [2.45, 2.75) is 117 Å². The van der Waals surface area contributed by atoms with Crippen molar-refractivity contribution in [3.05, 3.63) is 54.1 Å². The van der Waals surface area contributed by atoms with Crippen molar-refractivity contribution in [1.29, 1.82) is 0 Å². The monoisotopic (exact) mass is 466 g/mol. The minimum atomic E-state index is 0.149. The van der Waals surface area contributed by atoms with Crippen LogP contribution in [0.4, 0.5) is 0 Å². The summed E-state index contributed by atoms with van der Waals surface area (Å²) in [5.41, 5.74) is 3.71. The molecular formula is C32H50O2. The largest absolute Gasteiger partial charge is 0.494 e. The van der Waals surface area contributed by atoms with Crippen molar-refractivity contribution in [3.63, 3.8) is 0 Å². The first kappa shape index (κ1) is 28.4. The van der Waals surface area contributed by atoms with Gasteiger partial charge in [0.25, 0.3) is 0 Å². The van der Waals surface area contributed by atoms with E-state index in [1.807, 2.05) is 0 Å². The SMILES string of the molecule is CCCCCCCCCCCCCOC(C)c1ccc(-c2ccc(OCCCCC)cc2)cc1. The minimum absolute atomic E-state index is 0.149. The Bertz CT molecular complexity index is 720. The summed E-state index contributed by atoms with van der Waals surface area (Å²) in [6.07, 6.45) is 18.8. The molecule has 0 heterocycles. The minimum Gasteiger partial charge on any atom is -0.494 e. The van der Waals surface area contributed by atoms with Gasteiger partial charge >= 0.3 is 0 Å². The van der Waals surface area contributed by atoms with Crippen LogP contribution in [-0.4, -0.2) is 13.2 Å². The number of ether oxygens (including phenoxy) is 2. The van der Waals surface area contributed by atoms with Crippen LogP contribution in [0.25, 0.3) is 11.1 Å². The van der Waals surface area contributed by atoms with Crippen LogP contribution in [0.5, 0.6) is 5.75 Å². The summed E-state index contributed by atoms with van der Waals surface area (Å²) in [7, 11) is 0. The maximum Gasteiger partial charge on any atom is 0.119 e. The Morgan fingerprint density at radius 3 is 1.53 bits per heavy atom. The second-order valence-electron chi connectivity index (χ2n) is 9.75. The van der Waals surface area contributed by atoms with Crippen molar-refractivity contribution in [3.8, 4) is 16.9 Å². The quantitative estimate of drug-likeness (QED) is 0.181. The first-order valence-electron chi connectivity index (χ1n) is 14.2. The van der Waals surface area contributed by atoms with Crippen LogP contribution < -0.4 is 4.74 Å². The van der Waals surface area contributed by atoms with Gasteiger partial charge in [0.05, 0.1) is 12.7 Å². The van der Waals surface area contributed by atoms with E-state index in [2.05, 4.69) is 69.3 Å². The van der Waals surface area contributed by atoms with Gasteiger partial charge in [-0.15, -0.1) is 0 Å². The molecule has 2 aromatic rings. The molecule has 0 aliphatic carbocycles. The van der Waals surface area contributed by atoms with Crippen LogP contribution >= 0.6 is 0 Å². The molecule has 1 atom stereocenters. The zero-order valence-corrected chi connectivity index (χ0v) is 22.3. The van der Waals surface area contributed by atoms with Crippen LogP contribution in [0.3, 0.4) is 0 Å². The molecule has 0 bridgehead atoms. The predicted molar refractivity (Wildman–Crippen MR) is 148 cm³/mol. The molecule has 0 fully saturated rings. The molecule has 2 rings (SSSR count). The van der Waals surface area contributed by atoms with Crippen molar-refractivity contribution in [2.75, 3.05) is 13.2 Å². The van der Waals surface area contributed by atoms with E-state index in [1.165, 1.54) is 100 Å². The van der Waals surface area contributed by atoms with Crippen LogP contribution in [-0.2, 0) is 4.74 Å². The normalized spacial score (nSPS) is 12.1. The summed E-state index contributed by atoms with van der Waals surface area (Å²) < 4.78 is 11.9. The van der Waals surface area contributed by atoms with Gasteiger partial charge in [0.15, 0.2) is 0 Å². The van der Waals surface area contributed by atoms with Gasteiger partial charge in [-0.3, -0.25) is 0 Å². The molecular weight excluding hydrogens is 416 g/mol. The van der Waals surface area contributed by atoms with Gasteiger partial charge in [0.1, 0.15) is 5.75 Å². The van der Waals surface area contributed by atoms with E-state index in [4.69, 9.17) is 9.47 Å². The Balaban J connectivity index is 1.59. The molecule has 2 nitrogen and oxygen atoms in total. The first-order chi connectivity index (χ1) is 16.7. The van der Waals surface area contributed by atoms with Crippen LogP contribution in [0.1, 0.15) is 122 Å². The Kier molecular flexibility index (Phi) is 15.5. The molecule has 0 saturated carbocycles. The smallest absolute Gasteiger partial charge is 0.119 e. The Morgan fingerprint density at radius 1 is 0.529 bits per heavy atom. The number of unbranched alkanes of at least 4 members (excludes halogenated alkanes) is 12. The molecule has 0 spiro atoms. The zero-order chi connectivity index (χ0) is 24.3. The first-order valence-corrected chi connectivity index (χ1v) is 14.2. The third-order valence-electron chi connectivity index (χ3n) is 6.70. The second-order valence-corrected chi connectivity index (χ2v) is 9.75. The summed E-state index contributed by atoms with van der Waals surface area (Å²) in [6.45, 7) is 8.33. The topological polar surface area (TPSA) is 18.5 Å². The second kappa shape index (κ2) is 18.5. The number of hydrogen-bond acceptors (Lipinski definition) is 2. The standard InChI is InChI=1S/C32H50O2/c1-4-6-8-9-10-11-12-13-14-15-17-26-33-28(3)29-18-20-30(21-19-29)31-22-24-32(25-23-31)34-27-16-7-5-2/h18-25,28H,4-17,26-27H2,1-3H3. The summed E-state index contributed by atoms with van der Waals surface area (Å²) >= 11 is 0. The highest BCUT2D eigenvalue weighted by Crippen LogP contribution is 2.25. The van der Waals surface area contributed by atoms with E-state index in [-0.39, 0.29) is 6.10 Å². The van der Waals surface area contributed by atoms with E-state index in [0.717, 1.165) is 25.4 Å². The lowest BCUT2D eigenvalue weighted by Gasteiger charge is -2.14. The average molecular weight is 467 g/mol. The molecule has 0 amide bonds. The highest BCUT2D eigenvalue weighted by molar-refractivity contribution is 5.64. The molecule has 0 aromatic heterocycles. The van der Waals surface area contributed by atoms with E-state index in [1.54, 1.807) is 0 Å². The molecule has 0 saturated heterocycles. The van der Waals surface area contributed by atoms with Gasteiger partial charge in [0.2, 0.25) is 0 Å². The number of rotatable bonds is 20. The number of benzene rings is 2.